The number of sulfonamides is 1. The van der Waals surface area contributed by atoms with Gasteiger partial charge >= 0.3 is 0 Å². The first-order valence-corrected chi connectivity index (χ1v) is 5.69. The summed E-state index contributed by atoms with van der Waals surface area (Å²) in [5.41, 5.74) is 0.0762. The molecule has 0 amide bonds. The van der Waals surface area contributed by atoms with Crippen molar-refractivity contribution in [3.05, 3.63) is 23.1 Å². The Morgan fingerprint density at radius 3 is 2.46 bits per heavy atom. The van der Waals surface area contributed by atoms with Gasteiger partial charge in [0.05, 0.1) is 4.91 Å². The van der Waals surface area contributed by atoms with Crippen LogP contribution < -0.4 is 4.72 Å². The maximum absolute atomic E-state index is 11.3. The monoisotopic (exact) mass is 201 g/mol. The molecule has 0 bridgehead atoms. The lowest BCUT2D eigenvalue weighted by atomic mass is 9.86. The molecule has 0 saturated carbocycles. The van der Waals surface area contributed by atoms with Crippen LogP contribution in [0.1, 0.15) is 20.3 Å². The third-order valence-electron chi connectivity index (χ3n) is 2.11. The highest BCUT2D eigenvalue weighted by atomic mass is 32.2. The molecule has 0 saturated heterocycles. The minimum atomic E-state index is -3.25. The van der Waals surface area contributed by atoms with Gasteiger partial charge in [-0.1, -0.05) is 26.0 Å². The largest absolute Gasteiger partial charge is 0.239 e. The summed E-state index contributed by atoms with van der Waals surface area (Å²) in [6.07, 6.45) is 6.11. The van der Waals surface area contributed by atoms with Crippen molar-refractivity contribution in [1.82, 2.24) is 4.72 Å². The molecule has 1 aliphatic carbocycles. The molecular weight excluding hydrogens is 186 g/mol. The van der Waals surface area contributed by atoms with E-state index in [2.05, 4.69) is 18.6 Å². The molecule has 1 N–H and O–H groups in total. The van der Waals surface area contributed by atoms with Gasteiger partial charge in [-0.2, -0.15) is 0 Å². The molecule has 13 heavy (non-hydrogen) atoms. The summed E-state index contributed by atoms with van der Waals surface area (Å²) in [6.45, 7) is 4.14. The average Bonchev–Trinajstić information content (AvgIpc) is 2.04. The lowest BCUT2D eigenvalue weighted by Crippen LogP contribution is -2.22. The summed E-state index contributed by atoms with van der Waals surface area (Å²) in [4.78, 5) is 0.370. The predicted molar refractivity (Wildman–Crippen MR) is 53.6 cm³/mol. The summed E-state index contributed by atoms with van der Waals surface area (Å²) in [7, 11) is -1.83. The van der Waals surface area contributed by atoms with E-state index < -0.39 is 10.0 Å². The van der Waals surface area contributed by atoms with Crippen LogP contribution in [0, 0.1) is 5.41 Å². The van der Waals surface area contributed by atoms with Gasteiger partial charge in [0, 0.05) is 0 Å². The number of allylic oxidation sites excluding steroid dienone is 3. The molecule has 1 rings (SSSR count). The van der Waals surface area contributed by atoms with E-state index in [1.165, 1.54) is 7.05 Å². The topological polar surface area (TPSA) is 46.2 Å². The Balaban J connectivity index is 2.92. The minimum absolute atomic E-state index is 0.0762. The number of hydrogen-bond donors (Lipinski definition) is 1. The molecule has 0 heterocycles. The smallest absolute Gasteiger partial charge is 0.214 e. The molecule has 0 unspecified atom stereocenters. The molecule has 0 aromatic heterocycles. The van der Waals surface area contributed by atoms with Crippen molar-refractivity contribution in [3.8, 4) is 0 Å². The second kappa shape index (κ2) is 3.27. The first-order valence-electron chi connectivity index (χ1n) is 4.20. The van der Waals surface area contributed by atoms with E-state index in [0.717, 1.165) is 6.42 Å². The maximum atomic E-state index is 11.3. The molecule has 1 aliphatic rings. The fraction of sp³-hybridized carbons (Fsp3) is 0.556. The van der Waals surface area contributed by atoms with E-state index in [9.17, 15) is 8.42 Å². The third-order valence-corrected chi connectivity index (χ3v) is 3.57. The lowest BCUT2D eigenvalue weighted by molar-refractivity contribution is 0.483. The van der Waals surface area contributed by atoms with Gasteiger partial charge in [-0.3, -0.25) is 0 Å². The molecule has 3 nitrogen and oxygen atoms in total. The van der Waals surface area contributed by atoms with Crippen LogP contribution in [0.4, 0.5) is 0 Å². The van der Waals surface area contributed by atoms with Gasteiger partial charge in [-0.05, 0) is 25.0 Å². The van der Waals surface area contributed by atoms with Crippen molar-refractivity contribution in [3.63, 3.8) is 0 Å². The van der Waals surface area contributed by atoms with E-state index in [1.54, 1.807) is 12.2 Å². The van der Waals surface area contributed by atoms with Crippen LogP contribution in [-0.2, 0) is 10.0 Å². The van der Waals surface area contributed by atoms with Crippen molar-refractivity contribution in [2.75, 3.05) is 7.05 Å². The van der Waals surface area contributed by atoms with E-state index >= 15 is 0 Å². The minimum Gasteiger partial charge on any atom is -0.214 e. The Hall–Kier alpha value is -0.610. The van der Waals surface area contributed by atoms with Crippen molar-refractivity contribution >= 4 is 10.0 Å². The lowest BCUT2D eigenvalue weighted by Gasteiger charge is -2.22. The van der Waals surface area contributed by atoms with Gasteiger partial charge in [0.15, 0.2) is 0 Å². The number of rotatable bonds is 2. The van der Waals surface area contributed by atoms with Gasteiger partial charge in [0.25, 0.3) is 0 Å². The van der Waals surface area contributed by atoms with Crippen LogP contribution in [0.25, 0.3) is 0 Å². The van der Waals surface area contributed by atoms with E-state index in [0.29, 0.717) is 4.91 Å². The molecule has 0 aromatic carbocycles. The average molecular weight is 201 g/mol. The van der Waals surface area contributed by atoms with E-state index in [4.69, 9.17) is 0 Å². The zero-order chi connectivity index (χ0) is 10.1. The first kappa shape index (κ1) is 10.5. The van der Waals surface area contributed by atoms with Crippen LogP contribution in [-0.4, -0.2) is 15.5 Å². The molecule has 0 atom stereocenters. The van der Waals surface area contributed by atoms with Crippen LogP contribution in [0.2, 0.25) is 0 Å². The van der Waals surface area contributed by atoms with E-state index in [-0.39, 0.29) is 5.41 Å². The second-order valence-corrected chi connectivity index (χ2v) is 5.73. The van der Waals surface area contributed by atoms with Gasteiger partial charge in [-0.15, -0.1) is 0 Å². The fourth-order valence-electron chi connectivity index (χ4n) is 1.12. The Morgan fingerprint density at radius 1 is 1.46 bits per heavy atom. The highest BCUT2D eigenvalue weighted by Gasteiger charge is 2.21. The van der Waals surface area contributed by atoms with Gasteiger partial charge in [0.1, 0.15) is 0 Å². The maximum Gasteiger partial charge on any atom is 0.239 e. The SMILES string of the molecule is CNS(=O)(=O)C1=CCC(C)(C)C=C1. The van der Waals surface area contributed by atoms with Crippen molar-refractivity contribution in [2.45, 2.75) is 20.3 Å². The van der Waals surface area contributed by atoms with E-state index in [1.807, 2.05) is 6.08 Å². The summed E-state index contributed by atoms with van der Waals surface area (Å²) in [5.74, 6) is 0. The number of nitrogens with one attached hydrogen (secondary N) is 1. The van der Waals surface area contributed by atoms with Crippen molar-refractivity contribution < 1.29 is 8.42 Å². The summed E-state index contributed by atoms with van der Waals surface area (Å²) >= 11 is 0. The molecule has 0 aromatic rings. The van der Waals surface area contributed by atoms with Crippen LogP contribution in [0.15, 0.2) is 23.1 Å². The van der Waals surface area contributed by atoms with Crippen LogP contribution >= 0.6 is 0 Å². The van der Waals surface area contributed by atoms with Crippen LogP contribution in [0.5, 0.6) is 0 Å². The molecule has 74 valence electrons. The Kier molecular flexibility index (Phi) is 2.63. The molecule has 0 aliphatic heterocycles. The third kappa shape index (κ3) is 2.42. The quantitative estimate of drug-likeness (QED) is 0.734. The Bertz CT molecular complexity index is 350. The molecule has 4 heteroatoms. The van der Waals surface area contributed by atoms with Gasteiger partial charge in [-0.25, -0.2) is 13.1 Å². The normalized spacial score (nSPS) is 21.3. The number of hydrogen-bond acceptors (Lipinski definition) is 2. The predicted octanol–water partition coefficient (Wildman–Crippen LogP) is 1.41. The second-order valence-electron chi connectivity index (χ2n) is 3.84. The molecule has 0 radical (unpaired) electrons. The standard InChI is InChI=1S/C9H15NO2S/c1-9(2)6-4-8(5-7-9)13(11,12)10-3/h4-6,10H,7H2,1-3H3. The van der Waals surface area contributed by atoms with Crippen molar-refractivity contribution in [1.29, 1.82) is 0 Å². The van der Waals surface area contributed by atoms with Gasteiger partial charge in [0.2, 0.25) is 10.0 Å². The molecule has 0 fully saturated rings. The summed E-state index contributed by atoms with van der Waals surface area (Å²) in [5, 5.41) is 0. The summed E-state index contributed by atoms with van der Waals surface area (Å²) < 4.78 is 25.0. The van der Waals surface area contributed by atoms with Gasteiger partial charge < -0.3 is 0 Å². The zero-order valence-corrected chi connectivity index (χ0v) is 8.98. The molecular formula is C9H15NO2S. The fourth-order valence-corrected chi connectivity index (χ4v) is 1.91. The highest BCUT2D eigenvalue weighted by molar-refractivity contribution is 7.93. The molecule has 0 spiro atoms. The first-order chi connectivity index (χ1) is 5.87. The zero-order valence-electron chi connectivity index (χ0n) is 8.16. The highest BCUT2D eigenvalue weighted by Crippen LogP contribution is 2.29. The van der Waals surface area contributed by atoms with Crippen LogP contribution in [0.3, 0.4) is 0 Å². The Labute approximate surface area is 79.6 Å². The Morgan fingerprint density at radius 2 is 2.08 bits per heavy atom. The summed E-state index contributed by atoms with van der Waals surface area (Å²) in [6, 6.07) is 0. The van der Waals surface area contributed by atoms with Crippen molar-refractivity contribution in [2.24, 2.45) is 5.41 Å².